The molecule has 2 aromatic rings. The topological polar surface area (TPSA) is 53.1 Å². The summed E-state index contributed by atoms with van der Waals surface area (Å²) in [4.78, 5) is 0. The van der Waals surface area contributed by atoms with E-state index in [9.17, 15) is 0 Å². The molecule has 0 amide bonds. The molecule has 0 aliphatic heterocycles. The lowest BCUT2D eigenvalue weighted by Crippen LogP contribution is -2.18. The largest absolute Gasteiger partial charge is 0.484 e. The summed E-state index contributed by atoms with van der Waals surface area (Å²) >= 11 is 0. The summed E-state index contributed by atoms with van der Waals surface area (Å²) < 4.78 is 7.71. The molecule has 108 valence electrons. The standard InChI is InChI=1S/C16H23N3O/c1-16(2,3)13-5-7-14(8-6-13)20-15(9-17)12-10-18-19(4)11-12/h5-8,10-11,15H,9,17H2,1-4H3. The van der Waals surface area contributed by atoms with Crippen LogP contribution in [0.3, 0.4) is 0 Å². The first-order valence-corrected chi connectivity index (χ1v) is 6.86. The van der Waals surface area contributed by atoms with Crippen molar-refractivity contribution in [1.29, 1.82) is 0 Å². The van der Waals surface area contributed by atoms with E-state index in [1.54, 1.807) is 10.9 Å². The molecule has 1 unspecified atom stereocenters. The summed E-state index contributed by atoms with van der Waals surface area (Å²) in [5, 5.41) is 4.15. The molecule has 1 aromatic carbocycles. The number of benzene rings is 1. The zero-order chi connectivity index (χ0) is 14.8. The van der Waals surface area contributed by atoms with Gasteiger partial charge < -0.3 is 10.5 Å². The maximum absolute atomic E-state index is 5.95. The molecule has 20 heavy (non-hydrogen) atoms. The second-order valence-electron chi connectivity index (χ2n) is 6.06. The van der Waals surface area contributed by atoms with E-state index >= 15 is 0 Å². The van der Waals surface area contributed by atoms with Gasteiger partial charge in [-0.25, -0.2) is 0 Å². The Morgan fingerprint density at radius 1 is 1.25 bits per heavy atom. The van der Waals surface area contributed by atoms with Gasteiger partial charge in [0.15, 0.2) is 0 Å². The Kier molecular flexibility index (Phi) is 4.14. The molecular formula is C16H23N3O. The molecule has 0 spiro atoms. The van der Waals surface area contributed by atoms with Crippen LogP contribution in [0.2, 0.25) is 0 Å². The van der Waals surface area contributed by atoms with Crippen LogP contribution < -0.4 is 10.5 Å². The molecule has 0 aliphatic carbocycles. The first-order chi connectivity index (χ1) is 9.40. The van der Waals surface area contributed by atoms with E-state index in [2.05, 4.69) is 38.0 Å². The van der Waals surface area contributed by atoms with Crippen LogP contribution in [-0.2, 0) is 12.5 Å². The van der Waals surface area contributed by atoms with Gasteiger partial charge in [-0.15, -0.1) is 0 Å². The van der Waals surface area contributed by atoms with Gasteiger partial charge in [-0.3, -0.25) is 4.68 Å². The predicted molar refractivity (Wildman–Crippen MR) is 80.8 cm³/mol. The number of hydrogen-bond donors (Lipinski definition) is 1. The highest BCUT2D eigenvalue weighted by atomic mass is 16.5. The van der Waals surface area contributed by atoms with Crippen LogP contribution in [0.5, 0.6) is 5.75 Å². The van der Waals surface area contributed by atoms with Crippen molar-refractivity contribution in [2.24, 2.45) is 12.8 Å². The summed E-state index contributed by atoms with van der Waals surface area (Å²) in [6.45, 7) is 7.01. The molecule has 0 saturated heterocycles. The maximum Gasteiger partial charge on any atom is 0.139 e. The molecule has 0 aliphatic rings. The van der Waals surface area contributed by atoms with Gasteiger partial charge in [-0.2, -0.15) is 5.10 Å². The van der Waals surface area contributed by atoms with Crippen LogP contribution in [0.4, 0.5) is 0 Å². The Bertz CT molecular complexity index is 552. The van der Waals surface area contributed by atoms with Crippen molar-refractivity contribution >= 4 is 0 Å². The number of aromatic nitrogens is 2. The number of aryl methyl sites for hydroxylation is 1. The van der Waals surface area contributed by atoms with Crippen LogP contribution in [0.1, 0.15) is 38.0 Å². The van der Waals surface area contributed by atoms with E-state index in [4.69, 9.17) is 10.5 Å². The lowest BCUT2D eigenvalue weighted by atomic mass is 9.87. The molecule has 0 saturated carbocycles. The van der Waals surface area contributed by atoms with Gasteiger partial charge in [-0.05, 0) is 23.1 Å². The summed E-state index contributed by atoms with van der Waals surface area (Å²) in [6, 6.07) is 8.21. The van der Waals surface area contributed by atoms with E-state index in [1.165, 1.54) is 5.56 Å². The molecule has 1 heterocycles. The molecule has 2 N–H and O–H groups in total. The Hall–Kier alpha value is -1.81. The van der Waals surface area contributed by atoms with E-state index in [0.29, 0.717) is 6.54 Å². The van der Waals surface area contributed by atoms with E-state index in [-0.39, 0.29) is 11.5 Å². The number of ether oxygens (including phenoxy) is 1. The highest BCUT2D eigenvalue weighted by Gasteiger charge is 2.15. The first kappa shape index (κ1) is 14.6. The van der Waals surface area contributed by atoms with Crippen molar-refractivity contribution in [2.75, 3.05) is 6.54 Å². The Morgan fingerprint density at radius 3 is 2.35 bits per heavy atom. The summed E-state index contributed by atoms with van der Waals surface area (Å²) in [7, 11) is 1.88. The van der Waals surface area contributed by atoms with Gasteiger partial charge in [0.1, 0.15) is 11.9 Å². The number of nitrogens with zero attached hydrogens (tertiary/aromatic N) is 2. The molecule has 1 aromatic heterocycles. The van der Waals surface area contributed by atoms with Gasteiger partial charge in [0.05, 0.1) is 6.20 Å². The van der Waals surface area contributed by atoms with E-state index in [0.717, 1.165) is 11.3 Å². The lowest BCUT2D eigenvalue weighted by molar-refractivity contribution is 0.214. The molecular weight excluding hydrogens is 250 g/mol. The van der Waals surface area contributed by atoms with Crippen molar-refractivity contribution < 1.29 is 4.74 Å². The van der Waals surface area contributed by atoms with E-state index in [1.807, 2.05) is 25.4 Å². The highest BCUT2D eigenvalue weighted by molar-refractivity contribution is 5.31. The average Bonchev–Trinajstić information content (AvgIpc) is 2.82. The zero-order valence-electron chi connectivity index (χ0n) is 12.6. The third-order valence-electron chi connectivity index (χ3n) is 3.31. The first-order valence-electron chi connectivity index (χ1n) is 6.86. The Morgan fingerprint density at radius 2 is 1.90 bits per heavy atom. The second-order valence-corrected chi connectivity index (χ2v) is 6.06. The monoisotopic (exact) mass is 273 g/mol. The molecule has 1 atom stereocenters. The van der Waals surface area contributed by atoms with Crippen molar-refractivity contribution in [1.82, 2.24) is 9.78 Å². The van der Waals surface area contributed by atoms with Gasteiger partial charge in [0, 0.05) is 25.4 Å². The molecule has 0 radical (unpaired) electrons. The van der Waals surface area contributed by atoms with Crippen molar-refractivity contribution in [2.45, 2.75) is 32.3 Å². The molecule has 4 nitrogen and oxygen atoms in total. The van der Waals surface area contributed by atoms with Crippen molar-refractivity contribution in [3.63, 3.8) is 0 Å². The molecule has 4 heteroatoms. The molecule has 2 rings (SSSR count). The Labute approximate surface area is 120 Å². The predicted octanol–water partition coefficient (Wildman–Crippen LogP) is 2.80. The van der Waals surface area contributed by atoms with Gasteiger partial charge >= 0.3 is 0 Å². The zero-order valence-corrected chi connectivity index (χ0v) is 12.6. The minimum Gasteiger partial charge on any atom is -0.484 e. The molecule has 0 bridgehead atoms. The normalized spacial score (nSPS) is 13.2. The van der Waals surface area contributed by atoms with Crippen molar-refractivity contribution in [3.05, 3.63) is 47.8 Å². The summed E-state index contributed by atoms with van der Waals surface area (Å²) in [6.07, 6.45) is 3.56. The minimum absolute atomic E-state index is 0.148. The molecule has 0 fully saturated rings. The van der Waals surface area contributed by atoms with Crippen LogP contribution in [0.15, 0.2) is 36.7 Å². The summed E-state index contributed by atoms with van der Waals surface area (Å²) in [5.74, 6) is 0.831. The SMILES string of the molecule is Cn1cc(C(CN)Oc2ccc(C(C)(C)C)cc2)cn1. The van der Waals surface area contributed by atoms with Crippen LogP contribution in [0.25, 0.3) is 0 Å². The lowest BCUT2D eigenvalue weighted by Gasteiger charge is -2.20. The fraction of sp³-hybridized carbons (Fsp3) is 0.438. The van der Waals surface area contributed by atoms with Gasteiger partial charge in [-0.1, -0.05) is 32.9 Å². The maximum atomic E-state index is 5.95. The Balaban J connectivity index is 2.12. The van der Waals surface area contributed by atoms with Crippen LogP contribution in [0, 0.1) is 0 Å². The number of nitrogens with two attached hydrogens (primary N) is 1. The minimum atomic E-state index is -0.163. The number of rotatable bonds is 4. The fourth-order valence-electron chi connectivity index (χ4n) is 2.06. The van der Waals surface area contributed by atoms with Gasteiger partial charge in [0.2, 0.25) is 0 Å². The average molecular weight is 273 g/mol. The second kappa shape index (κ2) is 5.67. The van der Waals surface area contributed by atoms with Crippen LogP contribution in [-0.4, -0.2) is 16.3 Å². The quantitative estimate of drug-likeness (QED) is 0.932. The van der Waals surface area contributed by atoms with Gasteiger partial charge in [0.25, 0.3) is 0 Å². The third-order valence-corrected chi connectivity index (χ3v) is 3.31. The van der Waals surface area contributed by atoms with Crippen molar-refractivity contribution in [3.8, 4) is 5.75 Å². The smallest absolute Gasteiger partial charge is 0.139 e. The highest BCUT2D eigenvalue weighted by Crippen LogP contribution is 2.26. The van der Waals surface area contributed by atoms with Crippen LogP contribution >= 0.6 is 0 Å². The fourth-order valence-corrected chi connectivity index (χ4v) is 2.06. The number of hydrogen-bond acceptors (Lipinski definition) is 3. The third kappa shape index (κ3) is 3.39. The van der Waals surface area contributed by atoms with E-state index < -0.39 is 0 Å². The summed E-state index contributed by atoms with van der Waals surface area (Å²) in [5.41, 5.74) is 8.23.